The molecule has 0 radical (unpaired) electrons. The van der Waals surface area contributed by atoms with Crippen LogP contribution in [0, 0.1) is 0 Å². The number of hydrogen-bond acceptors (Lipinski definition) is 5. The molecule has 0 saturated carbocycles. The first-order valence-electron chi connectivity index (χ1n) is 6.29. The van der Waals surface area contributed by atoms with Crippen molar-refractivity contribution < 1.29 is 27.2 Å². The van der Waals surface area contributed by atoms with E-state index in [9.17, 15) is 13.2 Å². The Hall–Kier alpha value is -2.54. The van der Waals surface area contributed by atoms with E-state index in [-0.39, 0.29) is 23.7 Å². The highest BCUT2D eigenvalue weighted by Gasteiger charge is 2.15. The van der Waals surface area contributed by atoms with Crippen molar-refractivity contribution in [2.45, 2.75) is 6.61 Å². The summed E-state index contributed by atoms with van der Waals surface area (Å²) in [6, 6.07) is 13.1. The molecule has 0 bridgehead atoms. The average Bonchev–Trinajstić information content (AvgIpc) is 2.45. The molecule has 0 aliphatic rings. The van der Waals surface area contributed by atoms with Gasteiger partial charge in [-0.05, 0) is 17.7 Å². The molecule has 0 aromatic heterocycles. The van der Waals surface area contributed by atoms with Crippen LogP contribution in [-0.4, -0.2) is 25.7 Å². The molecular weight excluding hydrogens is 308 g/mol. The molecule has 1 N–H and O–H groups in total. The van der Waals surface area contributed by atoms with Crippen LogP contribution >= 0.6 is 0 Å². The Morgan fingerprint density at radius 2 is 1.77 bits per heavy atom. The number of rotatable bonds is 6. The first-order valence-corrected chi connectivity index (χ1v) is 8.10. The molecule has 0 amide bonds. The lowest BCUT2D eigenvalue weighted by Crippen LogP contribution is -2.08. The Kier molecular flexibility index (Phi) is 4.67. The number of carboxylic acid groups (broad SMARTS) is 1. The molecule has 0 spiro atoms. The second-order valence-corrected chi connectivity index (χ2v) is 6.10. The fraction of sp³-hybridized carbons (Fsp3) is 0.133. The molecule has 0 saturated heterocycles. The summed E-state index contributed by atoms with van der Waals surface area (Å²) in [4.78, 5) is 11.0. The highest BCUT2D eigenvalue weighted by molar-refractivity contribution is 7.86. The molecule has 0 aliphatic carbocycles. The molecule has 0 atom stereocenters. The third-order valence-electron chi connectivity index (χ3n) is 2.67. The van der Waals surface area contributed by atoms with Gasteiger partial charge in [0.15, 0.2) is 11.5 Å². The van der Waals surface area contributed by atoms with Gasteiger partial charge in [-0.3, -0.25) is 0 Å². The predicted molar refractivity (Wildman–Crippen MR) is 79.6 cm³/mol. The van der Waals surface area contributed by atoms with Crippen molar-refractivity contribution in [1.29, 1.82) is 0 Å². The summed E-state index contributed by atoms with van der Waals surface area (Å²) in [5.74, 6) is -1.19. The molecule has 2 rings (SSSR count). The summed E-state index contributed by atoms with van der Waals surface area (Å²) in [5.41, 5.74) is 0.792. The first-order chi connectivity index (χ1) is 10.3. The van der Waals surface area contributed by atoms with Gasteiger partial charge in [0.25, 0.3) is 0 Å². The first kappa shape index (κ1) is 15.8. The molecule has 0 unspecified atom stereocenters. The van der Waals surface area contributed by atoms with Crippen LogP contribution in [-0.2, 0) is 16.7 Å². The van der Waals surface area contributed by atoms with E-state index in [0.717, 1.165) is 17.9 Å². The largest absolute Gasteiger partial charge is 0.485 e. The highest BCUT2D eigenvalue weighted by Crippen LogP contribution is 2.30. The summed E-state index contributed by atoms with van der Waals surface area (Å²) >= 11 is 0. The zero-order valence-electron chi connectivity index (χ0n) is 11.7. The van der Waals surface area contributed by atoms with Crippen molar-refractivity contribution in [1.82, 2.24) is 0 Å². The zero-order chi connectivity index (χ0) is 16.2. The number of carbonyl (C=O) groups is 1. The molecular formula is C15H14O6S. The van der Waals surface area contributed by atoms with Crippen molar-refractivity contribution in [3.63, 3.8) is 0 Å². The lowest BCUT2D eigenvalue weighted by atomic mass is 10.2. The summed E-state index contributed by atoms with van der Waals surface area (Å²) in [6.45, 7) is 0.202. The van der Waals surface area contributed by atoms with Crippen molar-refractivity contribution in [3.05, 3.63) is 59.7 Å². The van der Waals surface area contributed by atoms with Gasteiger partial charge >= 0.3 is 16.1 Å². The molecule has 0 fully saturated rings. The van der Waals surface area contributed by atoms with Crippen LogP contribution in [0.5, 0.6) is 11.5 Å². The molecule has 22 heavy (non-hydrogen) atoms. The Morgan fingerprint density at radius 3 is 2.36 bits per heavy atom. The normalized spacial score (nSPS) is 11.0. The van der Waals surface area contributed by atoms with Crippen LogP contribution < -0.4 is 8.92 Å². The van der Waals surface area contributed by atoms with Gasteiger partial charge in [0.05, 0.1) is 11.8 Å². The van der Waals surface area contributed by atoms with E-state index in [1.54, 1.807) is 0 Å². The van der Waals surface area contributed by atoms with Gasteiger partial charge in [0.2, 0.25) is 0 Å². The minimum absolute atomic E-state index is 0.0919. The second-order valence-electron chi connectivity index (χ2n) is 4.53. The second kappa shape index (κ2) is 6.48. The topological polar surface area (TPSA) is 89.9 Å². The Bertz CT molecular complexity index is 768. The molecule has 7 heteroatoms. The Balaban J connectivity index is 2.27. The monoisotopic (exact) mass is 322 g/mol. The van der Waals surface area contributed by atoms with E-state index in [2.05, 4.69) is 0 Å². The van der Waals surface area contributed by atoms with Gasteiger partial charge in [-0.25, -0.2) is 4.79 Å². The smallest absolute Gasteiger partial charge is 0.335 e. The van der Waals surface area contributed by atoms with Gasteiger partial charge in [-0.1, -0.05) is 30.3 Å². The van der Waals surface area contributed by atoms with Gasteiger partial charge in [0, 0.05) is 6.07 Å². The van der Waals surface area contributed by atoms with E-state index in [1.165, 1.54) is 12.1 Å². The highest BCUT2D eigenvalue weighted by atomic mass is 32.2. The fourth-order valence-corrected chi connectivity index (χ4v) is 2.18. The minimum atomic E-state index is -3.80. The maximum atomic E-state index is 11.3. The number of benzene rings is 2. The summed E-state index contributed by atoms with van der Waals surface area (Å²) in [7, 11) is -3.80. The average molecular weight is 322 g/mol. The quantitative estimate of drug-likeness (QED) is 0.821. The van der Waals surface area contributed by atoms with Gasteiger partial charge in [-0.2, -0.15) is 8.42 Å². The zero-order valence-corrected chi connectivity index (χ0v) is 12.5. The SMILES string of the molecule is CS(=O)(=O)Oc1cc(C(=O)O)ccc1OCc1ccccc1. The van der Waals surface area contributed by atoms with E-state index in [1.807, 2.05) is 30.3 Å². The maximum Gasteiger partial charge on any atom is 0.335 e. The summed E-state index contributed by atoms with van der Waals surface area (Å²) in [5, 5.41) is 8.96. The van der Waals surface area contributed by atoms with Crippen LogP contribution in [0.3, 0.4) is 0 Å². The van der Waals surface area contributed by atoms with Crippen molar-refractivity contribution >= 4 is 16.1 Å². The molecule has 0 heterocycles. The van der Waals surface area contributed by atoms with Crippen molar-refractivity contribution in [3.8, 4) is 11.5 Å². The standard InChI is InChI=1S/C15H14O6S/c1-22(18,19)21-14-9-12(15(16)17)7-8-13(14)20-10-11-5-3-2-4-6-11/h2-9H,10H2,1H3,(H,16,17). The fourth-order valence-electron chi connectivity index (χ4n) is 1.72. The minimum Gasteiger partial charge on any atom is -0.485 e. The van der Waals surface area contributed by atoms with E-state index < -0.39 is 16.1 Å². The van der Waals surface area contributed by atoms with Crippen LogP contribution in [0.15, 0.2) is 48.5 Å². The third kappa shape index (κ3) is 4.49. The number of carboxylic acids is 1. The lowest BCUT2D eigenvalue weighted by molar-refractivity contribution is 0.0696. The Labute approximate surface area is 128 Å². The number of ether oxygens (including phenoxy) is 1. The van der Waals surface area contributed by atoms with E-state index >= 15 is 0 Å². The summed E-state index contributed by atoms with van der Waals surface area (Å²) < 4.78 is 32.9. The molecule has 116 valence electrons. The van der Waals surface area contributed by atoms with Gasteiger partial charge in [0.1, 0.15) is 6.61 Å². The van der Waals surface area contributed by atoms with Gasteiger partial charge in [-0.15, -0.1) is 0 Å². The van der Waals surface area contributed by atoms with E-state index in [4.69, 9.17) is 14.0 Å². The van der Waals surface area contributed by atoms with Crippen LogP contribution in [0.1, 0.15) is 15.9 Å². The third-order valence-corrected chi connectivity index (χ3v) is 3.15. The summed E-state index contributed by atoms with van der Waals surface area (Å²) in [6.07, 6.45) is 0.876. The van der Waals surface area contributed by atoms with E-state index in [0.29, 0.717) is 0 Å². The van der Waals surface area contributed by atoms with Crippen LogP contribution in [0.2, 0.25) is 0 Å². The van der Waals surface area contributed by atoms with Crippen LogP contribution in [0.25, 0.3) is 0 Å². The maximum absolute atomic E-state index is 11.3. The van der Waals surface area contributed by atoms with Crippen molar-refractivity contribution in [2.75, 3.05) is 6.26 Å². The number of hydrogen-bond donors (Lipinski definition) is 1. The van der Waals surface area contributed by atoms with Gasteiger partial charge < -0.3 is 14.0 Å². The Morgan fingerprint density at radius 1 is 1.09 bits per heavy atom. The van der Waals surface area contributed by atoms with Crippen LogP contribution in [0.4, 0.5) is 0 Å². The molecule has 2 aromatic rings. The molecule has 0 aliphatic heterocycles. The number of aromatic carboxylic acids is 1. The molecule has 2 aromatic carbocycles. The predicted octanol–water partition coefficient (Wildman–Crippen LogP) is 2.30. The van der Waals surface area contributed by atoms with Crippen molar-refractivity contribution in [2.24, 2.45) is 0 Å². The molecule has 6 nitrogen and oxygen atoms in total. The lowest BCUT2D eigenvalue weighted by Gasteiger charge is -2.12.